The Morgan fingerprint density at radius 2 is 1.95 bits per heavy atom. The van der Waals surface area contributed by atoms with E-state index in [1.807, 2.05) is 0 Å². The lowest BCUT2D eigenvalue weighted by Gasteiger charge is -2.24. The first-order valence-corrected chi connectivity index (χ1v) is 7.04. The molecule has 0 radical (unpaired) electrons. The molecule has 1 fully saturated rings. The summed E-state index contributed by atoms with van der Waals surface area (Å²) in [6.45, 7) is 0.259. The van der Waals surface area contributed by atoms with Crippen molar-refractivity contribution in [3.05, 3.63) is 29.3 Å². The molecule has 2 rings (SSSR count). The average molecular weight is 303 g/mol. The van der Waals surface area contributed by atoms with Crippen molar-refractivity contribution in [1.82, 2.24) is 5.32 Å². The summed E-state index contributed by atoms with van der Waals surface area (Å²) in [4.78, 5) is 0. The van der Waals surface area contributed by atoms with E-state index < -0.39 is 17.3 Å². The molecule has 1 saturated carbocycles. The van der Waals surface area contributed by atoms with Gasteiger partial charge in [-0.25, -0.2) is 0 Å². The van der Waals surface area contributed by atoms with Crippen LogP contribution < -0.4 is 10.1 Å². The highest BCUT2D eigenvalue weighted by atomic mass is 19.4. The number of benzene rings is 1. The topological polar surface area (TPSA) is 41.5 Å². The highest BCUT2D eigenvalue weighted by molar-refractivity contribution is 5.39. The molecule has 1 aliphatic rings. The third-order valence-electron chi connectivity index (χ3n) is 3.76. The Kier molecular flexibility index (Phi) is 4.78. The van der Waals surface area contributed by atoms with E-state index in [1.54, 1.807) is 13.1 Å². The van der Waals surface area contributed by atoms with E-state index in [9.17, 15) is 18.3 Å². The predicted molar refractivity (Wildman–Crippen MR) is 73.1 cm³/mol. The second-order valence-corrected chi connectivity index (χ2v) is 5.58. The maximum absolute atomic E-state index is 13.1. The number of rotatable bonds is 5. The van der Waals surface area contributed by atoms with Gasteiger partial charge in [0.1, 0.15) is 12.4 Å². The van der Waals surface area contributed by atoms with Crippen molar-refractivity contribution in [1.29, 1.82) is 0 Å². The molecular weight excluding hydrogens is 283 g/mol. The number of hydrogen-bond donors (Lipinski definition) is 2. The molecule has 0 unspecified atom stereocenters. The fourth-order valence-corrected chi connectivity index (χ4v) is 2.63. The molecule has 1 aromatic rings. The summed E-state index contributed by atoms with van der Waals surface area (Å²) in [5.41, 5.74) is -1.25. The van der Waals surface area contributed by atoms with E-state index >= 15 is 0 Å². The number of alkyl halides is 3. The Morgan fingerprint density at radius 3 is 2.52 bits per heavy atom. The van der Waals surface area contributed by atoms with E-state index in [-0.39, 0.29) is 12.4 Å². The Bertz CT molecular complexity index is 482. The summed E-state index contributed by atoms with van der Waals surface area (Å²) in [6, 6.07) is 4.01. The van der Waals surface area contributed by atoms with E-state index in [2.05, 4.69) is 5.32 Å². The second kappa shape index (κ2) is 6.23. The molecule has 1 aliphatic carbocycles. The van der Waals surface area contributed by atoms with Gasteiger partial charge in [0.25, 0.3) is 0 Å². The SMILES string of the molecule is CNCc1ccc(OCC2(O)CCCC2)c(C(F)(F)F)c1. The molecule has 0 bridgehead atoms. The lowest BCUT2D eigenvalue weighted by Crippen LogP contribution is -2.32. The quantitative estimate of drug-likeness (QED) is 0.878. The lowest BCUT2D eigenvalue weighted by atomic mass is 10.0. The number of hydrogen-bond acceptors (Lipinski definition) is 3. The third kappa shape index (κ3) is 4.11. The first-order chi connectivity index (χ1) is 9.84. The zero-order valence-corrected chi connectivity index (χ0v) is 12.0. The van der Waals surface area contributed by atoms with Crippen molar-refractivity contribution in [2.75, 3.05) is 13.7 Å². The van der Waals surface area contributed by atoms with Gasteiger partial charge in [0.05, 0.1) is 11.2 Å². The highest BCUT2D eigenvalue weighted by Gasteiger charge is 2.36. The van der Waals surface area contributed by atoms with Crippen LogP contribution >= 0.6 is 0 Å². The van der Waals surface area contributed by atoms with E-state index in [0.29, 0.717) is 24.9 Å². The van der Waals surface area contributed by atoms with E-state index in [1.165, 1.54) is 6.07 Å². The molecule has 0 aromatic heterocycles. The third-order valence-corrected chi connectivity index (χ3v) is 3.76. The van der Waals surface area contributed by atoms with Gasteiger partial charge >= 0.3 is 6.18 Å². The van der Waals surface area contributed by atoms with Crippen LogP contribution in [0.5, 0.6) is 5.75 Å². The minimum atomic E-state index is -4.47. The van der Waals surface area contributed by atoms with Gasteiger partial charge in [-0.1, -0.05) is 18.9 Å². The van der Waals surface area contributed by atoms with Gasteiger partial charge in [0.15, 0.2) is 0 Å². The molecule has 0 heterocycles. The molecule has 0 saturated heterocycles. The summed E-state index contributed by atoms with van der Waals surface area (Å²) in [5, 5.41) is 13.0. The standard InChI is InChI=1S/C15H20F3NO2/c1-19-9-11-4-5-13(12(8-11)15(16,17)18)21-10-14(20)6-2-3-7-14/h4-5,8,19-20H,2-3,6-7,9-10H2,1H3. The molecular formula is C15H20F3NO2. The van der Waals surface area contributed by atoms with Crippen LogP contribution in [0, 0.1) is 0 Å². The fraction of sp³-hybridized carbons (Fsp3) is 0.600. The monoisotopic (exact) mass is 303 g/mol. The lowest BCUT2D eigenvalue weighted by molar-refractivity contribution is -0.139. The molecule has 0 amide bonds. The summed E-state index contributed by atoms with van der Waals surface area (Å²) in [7, 11) is 1.67. The van der Waals surface area contributed by atoms with Gasteiger partial charge in [-0.3, -0.25) is 0 Å². The van der Waals surface area contributed by atoms with Crippen molar-refractivity contribution in [2.24, 2.45) is 0 Å². The van der Waals surface area contributed by atoms with Crippen molar-refractivity contribution in [2.45, 2.75) is 44.0 Å². The van der Waals surface area contributed by atoms with Crippen LogP contribution in [0.1, 0.15) is 36.8 Å². The van der Waals surface area contributed by atoms with Crippen molar-refractivity contribution >= 4 is 0 Å². The summed E-state index contributed by atoms with van der Waals surface area (Å²) in [5.74, 6) is -0.220. The van der Waals surface area contributed by atoms with Gasteiger partial charge in [-0.15, -0.1) is 0 Å². The maximum Gasteiger partial charge on any atom is 0.419 e. The van der Waals surface area contributed by atoms with Crippen LogP contribution in [0.2, 0.25) is 0 Å². The van der Waals surface area contributed by atoms with Crippen LogP contribution in [0.4, 0.5) is 13.2 Å². The average Bonchev–Trinajstić information content (AvgIpc) is 2.84. The Hall–Kier alpha value is -1.27. The number of aliphatic hydroxyl groups is 1. The molecule has 0 aliphatic heterocycles. The Labute approximate surface area is 122 Å². The molecule has 2 N–H and O–H groups in total. The second-order valence-electron chi connectivity index (χ2n) is 5.58. The predicted octanol–water partition coefficient (Wildman–Crippen LogP) is 3.11. The van der Waals surface area contributed by atoms with Crippen LogP contribution in [0.15, 0.2) is 18.2 Å². The smallest absolute Gasteiger partial charge is 0.419 e. The molecule has 21 heavy (non-hydrogen) atoms. The minimum absolute atomic E-state index is 0.0958. The zero-order valence-electron chi connectivity index (χ0n) is 12.0. The van der Waals surface area contributed by atoms with Gasteiger partial charge in [-0.05, 0) is 37.6 Å². The maximum atomic E-state index is 13.1. The largest absolute Gasteiger partial charge is 0.490 e. The summed E-state index contributed by atoms with van der Waals surface area (Å²) >= 11 is 0. The van der Waals surface area contributed by atoms with E-state index in [0.717, 1.165) is 18.9 Å². The van der Waals surface area contributed by atoms with Crippen molar-refractivity contribution in [3.8, 4) is 5.75 Å². The van der Waals surface area contributed by atoms with Crippen LogP contribution in [0.3, 0.4) is 0 Å². The number of nitrogens with one attached hydrogen (secondary N) is 1. The first-order valence-electron chi connectivity index (χ1n) is 7.04. The van der Waals surface area contributed by atoms with Crippen LogP contribution in [-0.2, 0) is 12.7 Å². The van der Waals surface area contributed by atoms with Gasteiger partial charge in [0.2, 0.25) is 0 Å². The van der Waals surface area contributed by atoms with Crippen molar-refractivity contribution < 1.29 is 23.0 Å². The van der Waals surface area contributed by atoms with Crippen LogP contribution in [-0.4, -0.2) is 24.4 Å². The fourth-order valence-electron chi connectivity index (χ4n) is 2.63. The number of ether oxygens (including phenoxy) is 1. The van der Waals surface area contributed by atoms with Gasteiger partial charge in [-0.2, -0.15) is 13.2 Å². The Morgan fingerprint density at radius 1 is 1.29 bits per heavy atom. The van der Waals surface area contributed by atoms with Gasteiger partial charge < -0.3 is 15.2 Å². The highest BCUT2D eigenvalue weighted by Crippen LogP contribution is 2.38. The van der Waals surface area contributed by atoms with Gasteiger partial charge in [0, 0.05) is 6.54 Å². The molecule has 0 spiro atoms. The van der Waals surface area contributed by atoms with E-state index in [4.69, 9.17) is 4.74 Å². The van der Waals surface area contributed by atoms with Crippen molar-refractivity contribution in [3.63, 3.8) is 0 Å². The summed E-state index contributed by atoms with van der Waals surface area (Å²) < 4.78 is 44.6. The molecule has 6 heteroatoms. The molecule has 1 aromatic carbocycles. The first kappa shape index (κ1) is 16.1. The zero-order chi connectivity index (χ0) is 15.5. The Balaban J connectivity index is 2.17. The molecule has 3 nitrogen and oxygen atoms in total. The van der Waals surface area contributed by atoms with Crippen LogP contribution in [0.25, 0.3) is 0 Å². The summed E-state index contributed by atoms with van der Waals surface area (Å²) in [6.07, 6.45) is -1.56. The molecule has 0 atom stereocenters. The minimum Gasteiger partial charge on any atom is -0.490 e. The molecule has 118 valence electrons. The normalized spacial score (nSPS) is 18.0. The number of halogens is 3.